The average molecular weight is 160 g/mol. The Hall–Kier alpha value is -0.780. The van der Waals surface area contributed by atoms with Gasteiger partial charge in [0, 0.05) is 5.41 Å². The number of allylic oxidation sites excluding steroid dienone is 5. The van der Waals surface area contributed by atoms with Crippen LogP contribution in [0.5, 0.6) is 0 Å². The van der Waals surface area contributed by atoms with Gasteiger partial charge >= 0.3 is 0 Å². The van der Waals surface area contributed by atoms with Crippen molar-refractivity contribution in [2.45, 2.75) is 32.1 Å². The Morgan fingerprint density at radius 3 is 2.50 bits per heavy atom. The quantitative estimate of drug-likeness (QED) is 0.507. The van der Waals surface area contributed by atoms with Gasteiger partial charge in [-0.1, -0.05) is 50.1 Å². The van der Waals surface area contributed by atoms with Crippen LogP contribution in [0.3, 0.4) is 0 Å². The molecule has 2 aliphatic rings. The van der Waals surface area contributed by atoms with Gasteiger partial charge in [-0.15, -0.1) is 0 Å². The molecular formula is C12H16. The van der Waals surface area contributed by atoms with Gasteiger partial charge in [0.2, 0.25) is 0 Å². The molecule has 1 saturated carbocycles. The van der Waals surface area contributed by atoms with E-state index in [9.17, 15) is 0 Å². The SMILES string of the molecule is C=C1C=CC=CC12CCCCC2. The van der Waals surface area contributed by atoms with Crippen molar-refractivity contribution in [2.24, 2.45) is 5.41 Å². The maximum atomic E-state index is 4.15. The molecule has 12 heavy (non-hydrogen) atoms. The maximum absolute atomic E-state index is 4.15. The predicted octanol–water partition coefficient (Wildman–Crippen LogP) is 3.62. The summed E-state index contributed by atoms with van der Waals surface area (Å²) in [6.45, 7) is 4.15. The Bertz CT molecular complexity index is 237. The third-order valence-electron chi connectivity index (χ3n) is 3.21. The molecule has 1 fully saturated rings. The first-order valence-electron chi connectivity index (χ1n) is 4.89. The van der Waals surface area contributed by atoms with Crippen LogP contribution in [0.4, 0.5) is 0 Å². The highest BCUT2D eigenvalue weighted by Crippen LogP contribution is 2.44. The predicted molar refractivity (Wildman–Crippen MR) is 52.9 cm³/mol. The van der Waals surface area contributed by atoms with Crippen LogP contribution in [0.15, 0.2) is 36.5 Å². The fourth-order valence-corrected chi connectivity index (χ4v) is 2.35. The van der Waals surface area contributed by atoms with E-state index in [0.29, 0.717) is 5.41 Å². The summed E-state index contributed by atoms with van der Waals surface area (Å²) in [5.41, 5.74) is 1.68. The summed E-state index contributed by atoms with van der Waals surface area (Å²) < 4.78 is 0. The molecule has 0 amide bonds. The summed E-state index contributed by atoms with van der Waals surface area (Å²) in [6.07, 6.45) is 15.6. The van der Waals surface area contributed by atoms with Crippen LogP contribution in [0.2, 0.25) is 0 Å². The first-order chi connectivity index (χ1) is 5.83. The summed E-state index contributed by atoms with van der Waals surface area (Å²) in [5, 5.41) is 0. The van der Waals surface area contributed by atoms with E-state index in [0.717, 1.165) is 0 Å². The Balaban J connectivity index is 2.23. The van der Waals surface area contributed by atoms with E-state index in [4.69, 9.17) is 0 Å². The lowest BCUT2D eigenvalue weighted by atomic mass is 9.68. The minimum absolute atomic E-state index is 0.354. The van der Waals surface area contributed by atoms with Crippen LogP contribution in [-0.2, 0) is 0 Å². The van der Waals surface area contributed by atoms with Gasteiger partial charge in [-0.05, 0) is 18.4 Å². The second-order valence-corrected chi connectivity index (χ2v) is 3.96. The Kier molecular flexibility index (Phi) is 1.92. The smallest absolute Gasteiger partial charge is 0.0129 e. The summed E-state index contributed by atoms with van der Waals surface area (Å²) in [6, 6.07) is 0. The van der Waals surface area contributed by atoms with Gasteiger partial charge in [0.15, 0.2) is 0 Å². The van der Waals surface area contributed by atoms with Crippen molar-refractivity contribution in [1.82, 2.24) is 0 Å². The highest BCUT2D eigenvalue weighted by molar-refractivity contribution is 5.36. The van der Waals surface area contributed by atoms with Crippen LogP contribution in [-0.4, -0.2) is 0 Å². The van der Waals surface area contributed by atoms with Crippen molar-refractivity contribution in [3.05, 3.63) is 36.5 Å². The molecule has 0 aliphatic heterocycles. The number of rotatable bonds is 0. The molecule has 0 aromatic heterocycles. The van der Waals surface area contributed by atoms with E-state index in [2.05, 4.69) is 30.9 Å². The monoisotopic (exact) mass is 160 g/mol. The number of hydrogen-bond donors (Lipinski definition) is 0. The zero-order valence-corrected chi connectivity index (χ0v) is 7.55. The molecule has 0 nitrogen and oxygen atoms in total. The molecule has 0 bridgehead atoms. The molecule has 0 heteroatoms. The lowest BCUT2D eigenvalue weighted by molar-refractivity contribution is 0.313. The first-order valence-corrected chi connectivity index (χ1v) is 4.89. The van der Waals surface area contributed by atoms with E-state index in [1.165, 1.54) is 37.7 Å². The van der Waals surface area contributed by atoms with Crippen LogP contribution >= 0.6 is 0 Å². The minimum Gasteiger partial charge on any atom is -0.0949 e. The van der Waals surface area contributed by atoms with Crippen LogP contribution in [0.25, 0.3) is 0 Å². The highest BCUT2D eigenvalue weighted by Gasteiger charge is 2.31. The molecule has 0 aromatic rings. The minimum atomic E-state index is 0.354. The molecule has 2 rings (SSSR count). The molecule has 2 aliphatic carbocycles. The molecule has 0 atom stereocenters. The van der Waals surface area contributed by atoms with E-state index in [-0.39, 0.29) is 0 Å². The molecule has 0 aromatic carbocycles. The topological polar surface area (TPSA) is 0 Å². The van der Waals surface area contributed by atoms with Crippen molar-refractivity contribution in [3.8, 4) is 0 Å². The average Bonchev–Trinajstić information content (AvgIpc) is 2.12. The molecule has 0 saturated heterocycles. The zero-order valence-electron chi connectivity index (χ0n) is 7.55. The second kappa shape index (κ2) is 2.93. The van der Waals surface area contributed by atoms with Crippen molar-refractivity contribution in [2.75, 3.05) is 0 Å². The summed E-state index contributed by atoms with van der Waals surface area (Å²) in [4.78, 5) is 0. The van der Waals surface area contributed by atoms with E-state index >= 15 is 0 Å². The molecule has 64 valence electrons. The second-order valence-electron chi connectivity index (χ2n) is 3.96. The zero-order chi connectivity index (χ0) is 8.44. The normalized spacial score (nSPS) is 26.5. The third-order valence-corrected chi connectivity index (χ3v) is 3.21. The Morgan fingerprint density at radius 2 is 1.83 bits per heavy atom. The third kappa shape index (κ3) is 1.16. The van der Waals surface area contributed by atoms with Gasteiger partial charge in [-0.3, -0.25) is 0 Å². The fraction of sp³-hybridized carbons (Fsp3) is 0.500. The van der Waals surface area contributed by atoms with Gasteiger partial charge in [-0.2, -0.15) is 0 Å². The summed E-state index contributed by atoms with van der Waals surface area (Å²) >= 11 is 0. The van der Waals surface area contributed by atoms with Crippen LogP contribution in [0, 0.1) is 5.41 Å². The molecule has 0 unspecified atom stereocenters. The molecule has 0 N–H and O–H groups in total. The van der Waals surface area contributed by atoms with Gasteiger partial charge < -0.3 is 0 Å². The van der Waals surface area contributed by atoms with Crippen molar-refractivity contribution < 1.29 is 0 Å². The molecular weight excluding hydrogens is 144 g/mol. The molecule has 0 heterocycles. The van der Waals surface area contributed by atoms with Gasteiger partial charge in [-0.25, -0.2) is 0 Å². The largest absolute Gasteiger partial charge is 0.0949 e. The molecule has 0 radical (unpaired) electrons. The summed E-state index contributed by atoms with van der Waals surface area (Å²) in [7, 11) is 0. The Labute approximate surface area is 74.7 Å². The first kappa shape index (κ1) is 7.85. The van der Waals surface area contributed by atoms with E-state index in [1.807, 2.05) is 0 Å². The highest BCUT2D eigenvalue weighted by atomic mass is 14.4. The van der Waals surface area contributed by atoms with Crippen molar-refractivity contribution >= 4 is 0 Å². The maximum Gasteiger partial charge on any atom is 0.0129 e. The Morgan fingerprint density at radius 1 is 1.08 bits per heavy atom. The molecule has 1 spiro atoms. The van der Waals surface area contributed by atoms with Crippen LogP contribution < -0.4 is 0 Å². The van der Waals surface area contributed by atoms with Crippen molar-refractivity contribution in [3.63, 3.8) is 0 Å². The van der Waals surface area contributed by atoms with Gasteiger partial charge in [0.25, 0.3) is 0 Å². The van der Waals surface area contributed by atoms with Crippen molar-refractivity contribution in [1.29, 1.82) is 0 Å². The standard InChI is InChI=1S/C12H16/c1-11-7-3-6-10-12(11)8-4-2-5-9-12/h3,6-7,10H,1-2,4-5,8-9H2. The lowest BCUT2D eigenvalue weighted by Gasteiger charge is -2.36. The van der Waals surface area contributed by atoms with E-state index in [1.54, 1.807) is 0 Å². The number of hydrogen-bond acceptors (Lipinski definition) is 0. The van der Waals surface area contributed by atoms with E-state index < -0.39 is 0 Å². The van der Waals surface area contributed by atoms with Gasteiger partial charge in [0.1, 0.15) is 0 Å². The fourth-order valence-electron chi connectivity index (χ4n) is 2.35. The summed E-state index contributed by atoms with van der Waals surface area (Å²) in [5.74, 6) is 0. The van der Waals surface area contributed by atoms with Gasteiger partial charge in [0.05, 0.1) is 0 Å². The lowest BCUT2D eigenvalue weighted by Crippen LogP contribution is -2.23. The van der Waals surface area contributed by atoms with Crippen LogP contribution in [0.1, 0.15) is 32.1 Å².